The van der Waals surface area contributed by atoms with Crippen LogP contribution in [0.1, 0.15) is 49.9 Å². The summed E-state index contributed by atoms with van der Waals surface area (Å²) in [5.74, 6) is -1.19. The number of carbonyl (C=O) groups is 2. The number of carboxylic acid groups (broad SMARTS) is 2. The van der Waals surface area contributed by atoms with Crippen molar-refractivity contribution in [2.75, 3.05) is 19.7 Å². The van der Waals surface area contributed by atoms with E-state index in [2.05, 4.69) is 57.1 Å². The maximum absolute atomic E-state index is 9.10. The Morgan fingerprint density at radius 2 is 1.63 bits per heavy atom. The molecule has 0 aliphatic carbocycles. The molecule has 3 rings (SSSR count). The first-order valence-electron chi connectivity index (χ1n) is 11.7. The monoisotopic (exact) mass is 484 g/mol. The van der Waals surface area contributed by atoms with E-state index in [0.717, 1.165) is 36.8 Å². The Balaban J connectivity index is 0.000000641. The third-order valence-electron chi connectivity index (χ3n) is 5.56. The lowest BCUT2D eigenvalue weighted by Crippen LogP contribution is -2.38. The highest BCUT2D eigenvalue weighted by Gasteiger charge is 2.25. The van der Waals surface area contributed by atoms with Crippen LogP contribution in [0.4, 0.5) is 0 Å². The quantitative estimate of drug-likeness (QED) is 0.506. The van der Waals surface area contributed by atoms with Gasteiger partial charge in [-0.1, -0.05) is 45.0 Å². The second-order valence-electron chi connectivity index (χ2n) is 9.33. The van der Waals surface area contributed by atoms with Gasteiger partial charge in [-0.2, -0.15) is 0 Å². The van der Waals surface area contributed by atoms with Gasteiger partial charge >= 0.3 is 11.9 Å². The van der Waals surface area contributed by atoms with Crippen molar-refractivity contribution in [3.05, 3.63) is 58.7 Å². The third kappa shape index (κ3) is 8.02. The summed E-state index contributed by atoms with van der Waals surface area (Å²) in [7, 11) is 0. The number of aryl methyl sites for hydroxylation is 2. The molecule has 0 spiro atoms. The highest BCUT2D eigenvalue weighted by atomic mass is 16.5. The van der Waals surface area contributed by atoms with Gasteiger partial charge in [0.25, 0.3) is 0 Å². The Hall–Kier alpha value is -3.55. The molecule has 1 unspecified atom stereocenters. The summed E-state index contributed by atoms with van der Waals surface area (Å²) in [6.45, 7) is 15.4. The average Bonchev–Trinajstić information content (AvgIpc) is 3.31. The first-order valence-corrected chi connectivity index (χ1v) is 11.7. The molecule has 8 heteroatoms. The van der Waals surface area contributed by atoms with Crippen molar-refractivity contribution >= 4 is 17.8 Å². The van der Waals surface area contributed by atoms with Crippen LogP contribution in [0.3, 0.4) is 0 Å². The van der Waals surface area contributed by atoms with Crippen LogP contribution in [0.5, 0.6) is 11.5 Å². The lowest BCUT2D eigenvalue weighted by molar-refractivity contribution is -0.159. The van der Waals surface area contributed by atoms with Gasteiger partial charge in [-0.25, -0.2) is 9.59 Å². The van der Waals surface area contributed by atoms with E-state index in [1.165, 1.54) is 22.3 Å². The van der Waals surface area contributed by atoms with Crippen molar-refractivity contribution in [3.8, 4) is 11.5 Å². The van der Waals surface area contributed by atoms with Crippen molar-refractivity contribution in [2.24, 2.45) is 4.99 Å². The molecule has 2 aromatic carbocycles. The minimum Gasteiger partial charge on any atom is -0.490 e. The molecule has 0 radical (unpaired) electrons. The molecule has 8 nitrogen and oxygen atoms in total. The Bertz CT molecular complexity index is 1040. The number of hydrogen-bond acceptors (Lipinski definition) is 6. The number of hydrogen-bond donors (Lipinski definition) is 3. The highest BCUT2D eigenvalue weighted by molar-refractivity contribution is 6.27. The molecule has 2 aromatic rings. The predicted molar refractivity (Wildman–Crippen MR) is 136 cm³/mol. The Labute approximate surface area is 207 Å². The van der Waals surface area contributed by atoms with E-state index >= 15 is 0 Å². The molecule has 0 fully saturated rings. The zero-order valence-electron chi connectivity index (χ0n) is 21.3. The minimum absolute atomic E-state index is 0.136. The molecule has 0 saturated carbocycles. The van der Waals surface area contributed by atoms with Crippen LogP contribution in [-0.2, 0) is 21.4 Å². The van der Waals surface area contributed by atoms with Gasteiger partial charge in [0.05, 0.1) is 13.2 Å². The van der Waals surface area contributed by atoms with Gasteiger partial charge in [0, 0.05) is 13.0 Å². The molecule has 0 aromatic heterocycles. The molecule has 1 heterocycles. The van der Waals surface area contributed by atoms with Gasteiger partial charge in [0.1, 0.15) is 5.84 Å². The van der Waals surface area contributed by atoms with Crippen LogP contribution in [-0.4, -0.2) is 53.8 Å². The van der Waals surface area contributed by atoms with Gasteiger partial charge in [-0.3, -0.25) is 4.99 Å². The zero-order valence-corrected chi connectivity index (χ0v) is 21.3. The van der Waals surface area contributed by atoms with E-state index in [1.807, 2.05) is 31.2 Å². The van der Waals surface area contributed by atoms with Crippen molar-refractivity contribution in [3.63, 3.8) is 0 Å². The molecular weight excluding hydrogens is 448 g/mol. The largest absolute Gasteiger partial charge is 0.490 e. The summed E-state index contributed by atoms with van der Waals surface area (Å²) in [6.07, 6.45) is 0.603. The van der Waals surface area contributed by atoms with Crippen LogP contribution in [0, 0.1) is 13.8 Å². The summed E-state index contributed by atoms with van der Waals surface area (Å²) in [6, 6.07) is 12.5. The molecule has 35 heavy (non-hydrogen) atoms. The van der Waals surface area contributed by atoms with Crippen LogP contribution >= 0.6 is 0 Å². The summed E-state index contributed by atoms with van der Waals surface area (Å²) in [4.78, 5) is 22.9. The normalized spacial score (nSPS) is 13.6. The second-order valence-corrected chi connectivity index (χ2v) is 9.33. The SMILES string of the molecule is CCOc1ccccc1OC(Cc1c(C)cc(C(C)(C)C)cc1C)C1=NCCN1.O=C(O)C(=O)O. The first kappa shape index (κ1) is 27.7. The molecule has 3 N–H and O–H groups in total. The fourth-order valence-corrected chi connectivity index (χ4v) is 3.74. The number of aliphatic imine (C=N–C) groups is 1. The molecule has 190 valence electrons. The van der Waals surface area contributed by atoms with Crippen LogP contribution in [0.25, 0.3) is 0 Å². The molecule has 1 aliphatic rings. The lowest BCUT2D eigenvalue weighted by Gasteiger charge is -2.25. The number of amidine groups is 1. The summed E-state index contributed by atoms with van der Waals surface area (Å²) >= 11 is 0. The van der Waals surface area contributed by atoms with E-state index in [4.69, 9.17) is 29.3 Å². The van der Waals surface area contributed by atoms with Gasteiger partial charge < -0.3 is 25.0 Å². The Morgan fingerprint density at radius 3 is 2.09 bits per heavy atom. The zero-order chi connectivity index (χ0) is 26.2. The van der Waals surface area contributed by atoms with E-state index in [0.29, 0.717) is 6.61 Å². The first-order chi connectivity index (χ1) is 16.4. The number of aliphatic carboxylic acids is 2. The standard InChI is InChI=1S/C25H34N2O2.C2H2O4/c1-7-28-21-10-8-9-11-22(21)29-23(24-26-12-13-27-24)16-20-17(2)14-19(15-18(20)3)25(4,5)6;3-1(4)2(5)6/h8-11,14-15,23H,7,12-13,16H2,1-6H3,(H,26,27);(H,3,4)(H,5,6). The van der Waals surface area contributed by atoms with Crippen LogP contribution in [0.2, 0.25) is 0 Å². The van der Waals surface area contributed by atoms with Crippen molar-refractivity contribution in [1.82, 2.24) is 5.32 Å². The van der Waals surface area contributed by atoms with Crippen molar-refractivity contribution in [2.45, 2.75) is 59.5 Å². The summed E-state index contributed by atoms with van der Waals surface area (Å²) < 4.78 is 12.2. The van der Waals surface area contributed by atoms with Crippen molar-refractivity contribution in [1.29, 1.82) is 0 Å². The molecule has 1 atom stereocenters. The van der Waals surface area contributed by atoms with Gasteiger partial charge in [0.15, 0.2) is 17.6 Å². The number of carboxylic acids is 2. The van der Waals surface area contributed by atoms with E-state index < -0.39 is 11.9 Å². The topological polar surface area (TPSA) is 117 Å². The number of rotatable bonds is 7. The second kappa shape index (κ2) is 12.2. The van der Waals surface area contributed by atoms with E-state index in [1.54, 1.807) is 0 Å². The Kier molecular flexibility index (Phi) is 9.68. The molecule has 1 aliphatic heterocycles. The average molecular weight is 485 g/mol. The van der Waals surface area contributed by atoms with Gasteiger partial charge in [-0.15, -0.1) is 0 Å². The number of nitrogens with zero attached hydrogens (tertiary/aromatic N) is 1. The molecular formula is C27H36N2O6. The number of para-hydroxylation sites is 2. The van der Waals surface area contributed by atoms with Gasteiger partial charge in [-0.05, 0) is 60.6 Å². The van der Waals surface area contributed by atoms with Crippen LogP contribution < -0.4 is 14.8 Å². The molecule has 0 amide bonds. The number of benzene rings is 2. The number of ether oxygens (including phenoxy) is 2. The third-order valence-corrected chi connectivity index (χ3v) is 5.56. The molecule has 0 bridgehead atoms. The maximum atomic E-state index is 9.10. The summed E-state index contributed by atoms with van der Waals surface area (Å²) in [5.41, 5.74) is 5.44. The predicted octanol–water partition coefficient (Wildman–Crippen LogP) is 4.15. The summed E-state index contributed by atoms with van der Waals surface area (Å²) in [5, 5.41) is 18.2. The smallest absolute Gasteiger partial charge is 0.414 e. The fraction of sp³-hybridized carbons (Fsp3) is 0.444. The maximum Gasteiger partial charge on any atom is 0.414 e. The van der Waals surface area contributed by atoms with Crippen molar-refractivity contribution < 1.29 is 29.3 Å². The van der Waals surface area contributed by atoms with Crippen LogP contribution in [0.15, 0.2) is 41.4 Å². The molecule has 0 saturated heterocycles. The Morgan fingerprint density at radius 1 is 1.06 bits per heavy atom. The highest BCUT2D eigenvalue weighted by Crippen LogP contribution is 2.31. The number of nitrogens with one attached hydrogen (secondary N) is 1. The minimum atomic E-state index is -1.82. The lowest BCUT2D eigenvalue weighted by atomic mass is 9.83. The fourth-order valence-electron chi connectivity index (χ4n) is 3.74. The van der Waals surface area contributed by atoms with E-state index in [-0.39, 0.29) is 11.5 Å². The van der Waals surface area contributed by atoms with E-state index in [9.17, 15) is 0 Å². The van der Waals surface area contributed by atoms with Gasteiger partial charge in [0.2, 0.25) is 0 Å².